The van der Waals surface area contributed by atoms with Gasteiger partial charge in [0.15, 0.2) is 5.78 Å². The Hall–Kier alpha value is -4.20. The maximum atomic E-state index is 13.8. The van der Waals surface area contributed by atoms with Crippen LogP contribution in [0.4, 0.5) is 18.9 Å². The number of primary amides is 1. The molecule has 36 heavy (non-hydrogen) atoms. The average molecular weight is 489 g/mol. The monoisotopic (exact) mass is 489 g/mol. The van der Waals surface area contributed by atoms with Crippen molar-refractivity contribution in [2.75, 3.05) is 11.4 Å². The lowest BCUT2D eigenvalue weighted by Gasteiger charge is -2.25. The van der Waals surface area contributed by atoms with Crippen molar-refractivity contribution in [1.29, 1.82) is 0 Å². The molecule has 8 heteroatoms. The number of nitrogens with two attached hydrogens (primary N) is 1. The first-order chi connectivity index (χ1) is 17.3. The number of para-hydroxylation sites is 1. The van der Waals surface area contributed by atoms with Gasteiger partial charge in [-0.25, -0.2) is 0 Å². The predicted octanol–water partition coefficient (Wildman–Crippen LogP) is 5.61. The van der Waals surface area contributed by atoms with Gasteiger partial charge in [0.25, 0.3) is 0 Å². The zero-order valence-corrected chi connectivity index (χ0v) is 19.1. The maximum absolute atomic E-state index is 13.8. The number of aromatic nitrogens is 1. The zero-order chi connectivity index (χ0) is 25.4. The molecule has 182 valence electrons. The highest BCUT2D eigenvalue weighted by atomic mass is 19.4. The van der Waals surface area contributed by atoms with Crippen LogP contribution in [-0.4, -0.2) is 29.3 Å². The van der Waals surface area contributed by atoms with Crippen LogP contribution in [0.3, 0.4) is 0 Å². The van der Waals surface area contributed by atoms with E-state index in [9.17, 15) is 22.8 Å². The molecule has 1 aromatic heterocycles. The number of amides is 1. The van der Waals surface area contributed by atoms with Gasteiger partial charge in [-0.15, -0.1) is 0 Å². The van der Waals surface area contributed by atoms with Crippen molar-refractivity contribution in [3.63, 3.8) is 0 Å². The number of nitrogens with zero attached hydrogens (tertiary/aromatic N) is 2. The molecule has 1 saturated heterocycles. The van der Waals surface area contributed by atoms with Crippen molar-refractivity contribution in [2.24, 2.45) is 5.73 Å². The standard InChI is InChI=1S/C28H22F3N3O2/c29-28(30,31)22-12-5-11-20-24(21(16-33-25(20)22)26(35)17-7-2-1-3-8-17)18-9-4-10-19(15-18)34-14-6-13-23(34)27(32)36/h1-5,7-12,15-16,23H,6,13-14H2,(H2,32,36). The number of carbonyl (C=O) groups excluding carboxylic acids is 2. The molecule has 1 atom stereocenters. The minimum atomic E-state index is -4.61. The topological polar surface area (TPSA) is 76.3 Å². The average Bonchev–Trinajstić information content (AvgIpc) is 3.38. The molecule has 0 radical (unpaired) electrons. The molecule has 1 fully saturated rings. The van der Waals surface area contributed by atoms with Crippen LogP contribution in [0.15, 0.2) is 79.0 Å². The van der Waals surface area contributed by atoms with Crippen LogP contribution in [0.2, 0.25) is 0 Å². The maximum Gasteiger partial charge on any atom is 0.418 e. The number of hydrogen-bond donors (Lipinski definition) is 1. The summed E-state index contributed by atoms with van der Waals surface area (Å²) in [7, 11) is 0. The van der Waals surface area contributed by atoms with Crippen molar-refractivity contribution in [3.05, 3.63) is 95.7 Å². The van der Waals surface area contributed by atoms with Gasteiger partial charge in [-0.2, -0.15) is 13.2 Å². The van der Waals surface area contributed by atoms with Crippen LogP contribution in [0.1, 0.15) is 34.3 Å². The van der Waals surface area contributed by atoms with Crippen molar-refractivity contribution >= 4 is 28.3 Å². The number of hydrogen-bond acceptors (Lipinski definition) is 4. The van der Waals surface area contributed by atoms with Gasteiger partial charge in [0.1, 0.15) is 6.04 Å². The lowest BCUT2D eigenvalue weighted by Crippen LogP contribution is -2.40. The molecule has 0 saturated carbocycles. The second-order valence-electron chi connectivity index (χ2n) is 8.75. The van der Waals surface area contributed by atoms with Gasteiger partial charge in [0, 0.05) is 40.5 Å². The molecule has 5 nitrogen and oxygen atoms in total. The van der Waals surface area contributed by atoms with E-state index in [-0.39, 0.29) is 22.2 Å². The Balaban J connectivity index is 1.75. The van der Waals surface area contributed by atoms with E-state index in [2.05, 4.69) is 4.98 Å². The van der Waals surface area contributed by atoms with Gasteiger partial charge in [-0.3, -0.25) is 14.6 Å². The van der Waals surface area contributed by atoms with Crippen LogP contribution in [-0.2, 0) is 11.0 Å². The third-order valence-electron chi connectivity index (χ3n) is 6.53. The van der Waals surface area contributed by atoms with E-state index in [1.807, 2.05) is 11.0 Å². The molecule has 0 aliphatic carbocycles. The molecule has 4 aromatic rings. The van der Waals surface area contributed by atoms with Crippen LogP contribution in [0.25, 0.3) is 22.0 Å². The summed E-state index contributed by atoms with van der Waals surface area (Å²) in [5, 5.41) is 0.219. The molecule has 1 aliphatic heterocycles. The molecule has 0 spiro atoms. The summed E-state index contributed by atoms with van der Waals surface area (Å²) >= 11 is 0. The number of ketones is 1. The first-order valence-electron chi connectivity index (χ1n) is 11.5. The highest BCUT2D eigenvalue weighted by Crippen LogP contribution is 2.40. The van der Waals surface area contributed by atoms with Gasteiger partial charge in [-0.1, -0.05) is 54.6 Å². The smallest absolute Gasteiger partial charge is 0.368 e. The summed E-state index contributed by atoms with van der Waals surface area (Å²) in [4.78, 5) is 31.5. The lowest BCUT2D eigenvalue weighted by molar-refractivity contribution is -0.136. The Morgan fingerprint density at radius 1 is 0.972 bits per heavy atom. The third-order valence-corrected chi connectivity index (χ3v) is 6.53. The molecule has 2 heterocycles. The minimum Gasteiger partial charge on any atom is -0.368 e. The summed E-state index contributed by atoms with van der Waals surface area (Å²) in [6.07, 6.45) is -1.97. The zero-order valence-electron chi connectivity index (χ0n) is 19.1. The van der Waals surface area contributed by atoms with Gasteiger partial charge in [0.2, 0.25) is 5.91 Å². The summed E-state index contributed by atoms with van der Waals surface area (Å²) in [5.41, 5.74) is 6.70. The van der Waals surface area contributed by atoms with E-state index in [1.54, 1.807) is 54.6 Å². The highest BCUT2D eigenvalue weighted by molar-refractivity contribution is 6.16. The van der Waals surface area contributed by atoms with E-state index in [0.29, 0.717) is 35.3 Å². The van der Waals surface area contributed by atoms with E-state index in [4.69, 9.17) is 5.73 Å². The quantitative estimate of drug-likeness (QED) is 0.370. The van der Waals surface area contributed by atoms with Crippen LogP contribution in [0.5, 0.6) is 0 Å². The summed E-state index contributed by atoms with van der Waals surface area (Å²) in [6.45, 7) is 0.627. The molecular formula is C28H22F3N3O2. The van der Waals surface area contributed by atoms with Crippen molar-refractivity contribution < 1.29 is 22.8 Å². The Labute approximate surface area is 205 Å². The normalized spacial score (nSPS) is 15.9. The first-order valence-corrected chi connectivity index (χ1v) is 11.5. The fourth-order valence-electron chi connectivity index (χ4n) is 4.89. The molecule has 1 aliphatic rings. The number of pyridine rings is 1. The predicted molar refractivity (Wildman–Crippen MR) is 132 cm³/mol. The second kappa shape index (κ2) is 9.11. The van der Waals surface area contributed by atoms with Gasteiger partial charge in [-0.05, 0) is 36.6 Å². The Bertz CT molecular complexity index is 1470. The number of anilines is 1. The van der Waals surface area contributed by atoms with E-state index >= 15 is 0 Å². The van der Waals surface area contributed by atoms with E-state index in [1.165, 1.54) is 12.3 Å². The fourth-order valence-corrected chi connectivity index (χ4v) is 4.89. The number of benzene rings is 3. The molecule has 5 rings (SSSR count). The fraction of sp³-hybridized carbons (Fsp3) is 0.179. The number of alkyl halides is 3. The van der Waals surface area contributed by atoms with E-state index < -0.39 is 23.7 Å². The summed E-state index contributed by atoms with van der Waals surface area (Å²) in [5.74, 6) is -0.777. The minimum absolute atomic E-state index is 0.193. The number of halogens is 3. The van der Waals surface area contributed by atoms with Gasteiger partial charge in [0.05, 0.1) is 11.1 Å². The molecule has 1 unspecified atom stereocenters. The van der Waals surface area contributed by atoms with E-state index in [0.717, 1.165) is 12.5 Å². The number of fused-ring (bicyclic) bond motifs is 1. The highest BCUT2D eigenvalue weighted by Gasteiger charge is 2.34. The van der Waals surface area contributed by atoms with Crippen LogP contribution < -0.4 is 10.6 Å². The molecule has 2 N–H and O–H groups in total. The SMILES string of the molecule is NC(=O)C1CCCN1c1cccc(-c2c(C(=O)c3ccccc3)cnc3c(C(F)(F)F)cccc23)c1. The summed E-state index contributed by atoms with van der Waals surface area (Å²) < 4.78 is 41.4. The van der Waals surface area contributed by atoms with Crippen molar-refractivity contribution in [1.82, 2.24) is 4.98 Å². The molecule has 1 amide bonds. The van der Waals surface area contributed by atoms with Crippen LogP contribution >= 0.6 is 0 Å². The molecule has 3 aromatic carbocycles. The largest absolute Gasteiger partial charge is 0.418 e. The summed E-state index contributed by atoms with van der Waals surface area (Å²) in [6, 6.07) is 19.0. The second-order valence-corrected chi connectivity index (χ2v) is 8.75. The Morgan fingerprint density at radius 3 is 2.44 bits per heavy atom. The number of carbonyl (C=O) groups is 2. The molecular weight excluding hydrogens is 467 g/mol. The van der Waals surface area contributed by atoms with Crippen molar-refractivity contribution in [3.8, 4) is 11.1 Å². The molecule has 0 bridgehead atoms. The van der Waals surface area contributed by atoms with Crippen LogP contribution in [0, 0.1) is 0 Å². The third kappa shape index (κ3) is 4.19. The Kier molecular flexibility index (Phi) is 5.96. The Morgan fingerprint density at radius 2 is 1.72 bits per heavy atom. The van der Waals surface area contributed by atoms with Gasteiger partial charge < -0.3 is 10.6 Å². The first kappa shape index (κ1) is 23.5. The van der Waals surface area contributed by atoms with Gasteiger partial charge >= 0.3 is 6.18 Å². The van der Waals surface area contributed by atoms with Crippen molar-refractivity contribution in [2.45, 2.75) is 25.1 Å². The lowest BCUT2D eigenvalue weighted by atomic mass is 9.91. The number of rotatable bonds is 5.